The van der Waals surface area contributed by atoms with Gasteiger partial charge >= 0.3 is 5.97 Å². The van der Waals surface area contributed by atoms with E-state index in [9.17, 15) is 27.9 Å². The van der Waals surface area contributed by atoms with Gasteiger partial charge in [0.05, 0.1) is 23.5 Å². The number of carbonyl (C=O) groups is 2. The summed E-state index contributed by atoms with van der Waals surface area (Å²) >= 11 is 0. The van der Waals surface area contributed by atoms with E-state index in [0.717, 1.165) is 29.4 Å². The van der Waals surface area contributed by atoms with Crippen molar-refractivity contribution in [1.29, 1.82) is 0 Å². The molecule has 1 fully saturated rings. The van der Waals surface area contributed by atoms with Crippen LogP contribution < -0.4 is 10.6 Å². The highest BCUT2D eigenvalue weighted by Gasteiger charge is 2.28. The predicted octanol–water partition coefficient (Wildman–Crippen LogP) is 3.63. The molecular formula is C24H22F3N7O3. The SMILES string of the molecule is Cn1ncc(C(=O)N[C@@H]2CCC[C@H](Nc3nc(-c4c[nH]c5c(F)cc(F)cc45)ncc3F)C2)c1C(=O)O. The molecule has 1 aliphatic carbocycles. The summed E-state index contributed by atoms with van der Waals surface area (Å²) in [6, 6.07) is 1.37. The third-order valence-electron chi connectivity index (χ3n) is 6.43. The summed E-state index contributed by atoms with van der Waals surface area (Å²) in [6.07, 6.45) is 6.13. The number of aromatic carboxylic acids is 1. The molecule has 0 unspecified atom stereocenters. The Hall–Kier alpha value is -4.42. The van der Waals surface area contributed by atoms with Gasteiger partial charge in [0.2, 0.25) is 0 Å². The number of H-pyrrole nitrogens is 1. The molecule has 0 aliphatic heterocycles. The number of amides is 1. The van der Waals surface area contributed by atoms with Crippen LogP contribution in [0.1, 0.15) is 46.5 Å². The second-order valence-corrected chi connectivity index (χ2v) is 8.92. The molecule has 0 spiro atoms. The summed E-state index contributed by atoms with van der Waals surface area (Å²) in [5.74, 6) is -4.03. The molecule has 0 bridgehead atoms. The van der Waals surface area contributed by atoms with Crippen molar-refractivity contribution in [3.8, 4) is 11.4 Å². The summed E-state index contributed by atoms with van der Waals surface area (Å²) in [5.41, 5.74) is 0.152. The Balaban J connectivity index is 1.32. The average Bonchev–Trinajstić information content (AvgIpc) is 3.45. The quantitative estimate of drug-likeness (QED) is 0.309. The second kappa shape index (κ2) is 9.56. The zero-order chi connectivity index (χ0) is 26.3. The zero-order valence-corrected chi connectivity index (χ0v) is 19.6. The summed E-state index contributed by atoms with van der Waals surface area (Å²) < 4.78 is 43.6. The Kier molecular flexibility index (Phi) is 6.27. The van der Waals surface area contributed by atoms with E-state index >= 15 is 0 Å². The van der Waals surface area contributed by atoms with Gasteiger partial charge in [0.15, 0.2) is 23.2 Å². The fraction of sp³-hybridized carbons (Fsp3) is 0.292. The number of fused-ring (bicyclic) bond motifs is 1. The number of hydrogen-bond acceptors (Lipinski definition) is 6. The van der Waals surface area contributed by atoms with E-state index in [1.54, 1.807) is 0 Å². The number of nitrogens with one attached hydrogen (secondary N) is 3. The molecule has 0 saturated heterocycles. The molecule has 1 saturated carbocycles. The van der Waals surface area contributed by atoms with Gasteiger partial charge in [0.1, 0.15) is 11.6 Å². The lowest BCUT2D eigenvalue weighted by atomic mass is 9.90. The average molecular weight is 513 g/mol. The smallest absolute Gasteiger partial charge is 0.354 e. The van der Waals surface area contributed by atoms with Gasteiger partial charge in [0.25, 0.3) is 5.91 Å². The Morgan fingerprint density at radius 3 is 2.70 bits per heavy atom. The predicted molar refractivity (Wildman–Crippen MR) is 126 cm³/mol. The minimum Gasteiger partial charge on any atom is -0.477 e. The maximum atomic E-state index is 14.6. The Bertz CT molecular complexity index is 1520. The number of aromatic amines is 1. The number of benzene rings is 1. The molecule has 1 aromatic carbocycles. The van der Waals surface area contributed by atoms with E-state index in [0.29, 0.717) is 24.8 Å². The number of nitrogens with zero attached hydrogens (tertiary/aromatic N) is 4. The molecule has 2 atom stereocenters. The van der Waals surface area contributed by atoms with Crippen LogP contribution in [0.4, 0.5) is 19.0 Å². The van der Waals surface area contributed by atoms with E-state index < -0.39 is 29.3 Å². The Morgan fingerprint density at radius 1 is 1.14 bits per heavy atom. The second-order valence-electron chi connectivity index (χ2n) is 8.92. The number of rotatable bonds is 6. The van der Waals surface area contributed by atoms with E-state index in [1.165, 1.54) is 19.4 Å². The largest absolute Gasteiger partial charge is 0.477 e. The number of aromatic nitrogens is 5. The van der Waals surface area contributed by atoms with Crippen molar-refractivity contribution in [2.45, 2.75) is 37.8 Å². The molecular weight excluding hydrogens is 491 g/mol. The third kappa shape index (κ3) is 4.71. The molecule has 37 heavy (non-hydrogen) atoms. The molecule has 3 aromatic heterocycles. The standard InChI is InChI=1S/C24H22F3N7O3/c1-34-20(24(36)37)16(9-30-34)23(35)32-13-4-2-3-12(7-13)31-22-18(27)10-29-21(33-22)15-8-28-19-14(15)5-11(25)6-17(19)26/h5-6,8-10,12-13,28H,2-4,7H2,1H3,(H,32,35)(H,36,37)(H,29,31,33)/t12-,13+/m0/s1. The maximum Gasteiger partial charge on any atom is 0.354 e. The summed E-state index contributed by atoms with van der Waals surface area (Å²) in [4.78, 5) is 35.2. The maximum absolute atomic E-state index is 14.6. The van der Waals surface area contributed by atoms with Gasteiger partial charge < -0.3 is 20.7 Å². The first kappa shape index (κ1) is 24.3. The molecule has 13 heteroatoms. The van der Waals surface area contributed by atoms with Crippen LogP contribution in [0.5, 0.6) is 0 Å². The van der Waals surface area contributed by atoms with Crippen LogP contribution in [-0.4, -0.2) is 53.8 Å². The van der Waals surface area contributed by atoms with Crippen molar-refractivity contribution in [3.05, 3.63) is 59.4 Å². The Morgan fingerprint density at radius 2 is 1.92 bits per heavy atom. The van der Waals surface area contributed by atoms with Crippen LogP contribution in [0.3, 0.4) is 0 Å². The van der Waals surface area contributed by atoms with E-state index in [1.807, 2.05) is 0 Å². The third-order valence-corrected chi connectivity index (χ3v) is 6.43. The molecule has 4 N–H and O–H groups in total. The molecule has 1 aliphatic rings. The Labute approximate surface area is 207 Å². The van der Waals surface area contributed by atoms with E-state index in [4.69, 9.17) is 0 Å². The van der Waals surface area contributed by atoms with Crippen LogP contribution >= 0.6 is 0 Å². The first-order valence-corrected chi connectivity index (χ1v) is 11.5. The van der Waals surface area contributed by atoms with Gasteiger partial charge in [-0.1, -0.05) is 0 Å². The molecule has 10 nitrogen and oxygen atoms in total. The minimum absolute atomic E-state index is 0.0387. The van der Waals surface area contributed by atoms with Crippen molar-refractivity contribution in [3.63, 3.8) is 0 Å². The van der Waals surface area contributed by atoms with Crippen molar-refractivity contribution in [1.82, 2.24) is 30.0 Å². The van der Waals surface area contributed by atoms with Crippen molar-refractivity contribution >= 4 is 28.6 Å². The summed E-state index contributed by atoms with van der Waals surface area (Å²) in [6.45, 7) is 0. The van der Waals surface area contributed by atoms with Crippen LogP contribution in [-0.2, 0) is 7.05 Å². The number of aryl methyl sites for hydroxylation is 1. The number of carbonyl (C=O) groups excluding carboxylic acids is 1. The minimum atomic E-state index is -1.26. The van der Waals surface area contributed by atoms with Crippen LogP contribution in [0, 0.1) is 17.5 Å². The van der Waals surface area contributed by atoms with Crippen molar-refractivity contribution in [2.75, 3.05) is 5.32 Å². The van der Waals surface area contributed by atoms with Crippen LogP contribution in [0.2, 0.25) is 0 Å². The van der Waals surface area contributed by atoms with Crippen molar-refractivity contribution in [2.24, 2.45) is 7.05 Å². The fourth-order valence-electron chi connectivity index (χ4n) is 4.70. The first-order chi connectivity index (χ1) is 17.7. The van der Waals surface area contributed by atoms with Crippen LogP contribution in [0.25, 0.3) is 22.3 Å². The number of anilines is 1. The molecule has 0 radical (unpaired) electrons. The van der Waals surface area contributed by atoms with Gasteiger partial charge in [-0.15, -0.1) is 0 Å². The molecule has 4 aromatic rings. The molecule has 192 valence electrons. The monoisotopic (exact) mass is 513 g/mol. The first-order valence-electron chi connectivity index (χ1n) is 11.5. The lowest BCUT2D eigenvalue weighted by molar-refractivity contribution is 0.0678. The summed E-state index contributed by atoms with van der Waals surface area (Å²) in [7, 11) is 1.44. The lowest BCUT2D eigenvalue weighted by Crippen LogP contribution is -2.42. The van der Waals surface area contributed by atoms with E-state index in [2.05, 4.69) is 30.7 Å². The molecule has 3 heterocycles. The highest BCUT2D eigenvalue weighted by Crippen LogP contribution is 2.30. The molecule has 5 rings (SSSR count). The zero-order valence-electron chi connectivity index (χ0n) is 19.6. The number of carboxylic acid groups (broad SMARTS) is 1. The van der Waals surface area contributed by atoms with E-state index in [-0.39, 0.29) is 45.9 Å². The number of hydrogen-bond donors (Lipinski definition) is 4. The highest BCUT2D eigenvalue weighted by atomic mass is 19.1. The number of halogens is 3. The van der Waals surface area contributed by atoms with Gasteiger partial charge in [-0.05, 0) is 31.7 Å². The van der Waals surface area contributed by atoms with Gasteiger partial charge in [-0.3, -0.25) is 9.48 Å². The number of carboxylic acids is 1. The van der Waals surface area contributed by atoms with Crippen LogP contribution in [0.15, 0.2) is 30.7 Å². The molecule has 1 amide bonds. The van der Waals surface area contributed by atoms with Gasteiger partial charge in [-0.25, -0.2) is 27.9 Å². The topological polar surface area (TPSA) is 138 Å². The lowest BCUT2D eigenvalue weighted by Gasteiger charge is -2.30. The van der Waals surface area contributed by atoms with Gasteiger partial charge in [0, 0.05) is 42.3 Å². The fourth-order valence-corrected chi connectivity index (χ4v) is 4.70. The van der Waals surface area contributed by atoms with Crippen molar-refractivity contribution < 1.29 is 27.9 Å². The normalized spacial score (nSPS) is 17.6. The summed E-state index contributed by atoms with van der Waals surface area (Å²) in [5, 5.41) is 19.3. The van der Waals surface area contributed by atoms with Gasteiger partial charge in [-0.2, -0.15) is 5.10 Å². The highest BCUT2D eigenvalue weighted by molar-refractivity contribution is 6.03.